The highest BCUT2D eigenvalue weighted by atomic mass is 19.3. The second-order valence-corrected chi connectivity index (χ2v) is 12.5. The lowest BCUT2D eigenvalue weighted by atomic mass is 9.62. The van der Waals surface area contributed by atoms with Crippen molar-refractivity contribution in [1.82, 2.24) is 10.2 Å². The molecular weight excluding hydrogens is 480 g/mol. The molecule has 4 atom stereocenters. The fraction of sp³-hybridized carbons (Fsp3) is 0.594. The monoisotopic (exact) mass is 519 g/mol. The van der Waals surface area contributed by atoms with Gasteiger partial charge in [-0.15, -0.1) is 6.42 Å². The molecule has 5 aliphatic rings. The van der Waals surface area contributed by atoms with Crippen molar-refractivity contribution in [3.8, 4) is 12.3 Å². The van der Waals surface area contributed by atoms with Crippen LogP contribution in [0.5, 0.6) is 0 Å². The van der Waals surface area contributed by atoms with Crippen LogP contribution in [0.25, 0.3) is 0 Å². The first-order valence-electron chi connectivity index (χ1n) is 14.3. The fourth-order valence-electron chi connectivity index (χ4n) is 7.79. The van der Waals surface area contributed by atoms with E-state index in [-0.39, 0.29) is 48.0 Å². The molecule has 0 bridgehead atoms. The summed E-state index contributed by atoms with van der Waals surface area (Å²) < 4.78 is 27.3. The first-order chi connectivity index (χ1) is 18.1. The quantitative estimate of drug-likeness (QED) is 0.562. The number of halogens is 2. The predicted molar refractivity (Wildman–Crippen MR) is 148 cm³/mol. The number of Topliss-reactive ketones (excluding diaryl/α,β-unsaturated/α-hetero) is 1. The molecule has 3 fully saturated rings. The van der Waals surface area contributed by atoms with E-state index in [9.17, 15) is 13.6 Å². The molecular formula is C32H39F2N3O. The van der Waals surface area contributed by atoms with Crippen LogP contribution < -0.4 is 10.2 Å². The summed E-state index contributed by atoms with van der Waals surface area (Å²) in [5.74, 6) is 0.508. The number of allylic oxidation sites excluding steroid dienone is 2. The highest BCUT2D eigenvalue weighted by Crippen LogP contribution is 2.49. The first kappa shape index (κ1) is 25.8. The molecule has 202 valence electrons. The second-order valence-electron chi connectivity index (χ2n) is 12.5. The molecule has 0 amide bonds. The molecule has 0 radical (unpaired) electrons. The lowest BCUT2D eigenvalue weighted by Crippen LogP contribution is -2.52. The third kappa shape index (κ3) is 4.14. The molecule has 0 saturated carbocycles. The van der Waals surface area contributed by atoms with Crippen LogP contribution in [0.15, 0.2) is 35.9 Å². The predicted octanol–water partition coefficient (Wildman–Crippen LogP) is 5.13. The summed E-state index contributed by atoms with van der Waals surface area (Å²) in [7, 11) is 0. The van der Waals surface area contributed by atoms with Gasteiger partial charge in [-0.1, -0.05) is 44.9 Å². The summed E-state index contributed by atoms with van der Waals surface area (Å²) in [5.41, 5.74) is 5.12. The minimum Gasteiger partial charge on any atom is -0.371 e. The zero-order chi connectivity index (χ0) is 26.8. The number of anilines is 1. The number of ketones is 1. The van der Waals surface area contributed by atoms with Gasteiger partial charge in [0.25, 0.3) is 5.92 Å². The van der Waals surface area contributed by atoms with Crippen molar-refractivity contribution >= 4 is 11.5 Å². The third-order valence-corrected chi connectivity index (χ3v) is 10.1. The van der Waals surface area contributed by atoms with E-state index in [4.69, 9.17) is 6.42 Å². The molecule has 0 aromatic heterocycles. The molecule has 2 aliphatic carbocycles. The van der Waals surface area contributed by atoms with Crippen molar-refractivity contribution < 1.29 is 13.6 Å². The first-order valence-corrected chi connectivity index (χ1v) is 14.3. The lowest BCUT2D eigenvalue weighted by Gasteiger charge is -2.45. The smallest absolute Gasteiger partial charge is 0.250 e. The molecule has 3 heterocycles. The Morgan fingerprint density at radius 1 is 1.13 bits per heavy atom. The Hall–Kier alpha value is -2.49. The number of rotatable bonds is 3. The van der Waals surface area contributed by atoms with E-state index in [1.54, 1.807) is 0 Å². The number of terminal acetylenes is 1. The number of alkyl halides is 2. The van der Waals surface area contributed by atoms with Crippen LogP contribution in [0.4, 0.5) is 14.5 Å². The number of piperidine rings is 2. The Morgan fingerprint density at radius 3 is 2.50 bits per heavy atom. The molecule has 4 unspecified atom stereocenters. The molecule has 0 spiro atoms. The number of nitrogens with one attached hydrogen (secondary N) is 1. The number of aryl methyl sites for hydroxylation is 1. The number of nitrogens with zero attached hydrogens (tertiary/aromatic N) is 2. The van der Waals surface area contributed by atoms with Crippen LogP contribution in [0.3, 0.4) is 0 Å². The Bertz CT molecular complexity index is 1220. The van der Waals surface area contributed by atoms with Crippen LogP contribution in [-0.2, 0) is 11.8 Å². The van der Waals surface area contributed by atoms with E-state index in [1.165, 1.54) is 11.3 Å². The highest BCUT2D eigenvalue weighted by Gasteiger charge is 2.55. The van der Waals surface area contributed by atoms with Gasteiger partial charge in [-0.2, -0.15) is 0 Å². The van der Waals surface area contributed by atoms with Gasteiger partial charge < -0.3 is 10.2 Å². The van der Waals surface area contributed by atoms with Gasteiger partial charge in [0, 0.05) is 91.2 Å². The number of hydrogen-bond donors (Lipinski definition) is 1. The van der Waals surface area contributed by atoms with Gasteiger partial charge in [0.15, 0.2) is 5.78 Å². The number of hydrogen-bond acceptors (Lipinski definition) is 4. The van der Waals surface area contributed by atoms with Crippen LogP contribution in [0.2, 0.25) is 0 Å². The molecule has 1 aromatic carbocycles. The molecule has 4 nitrogen and oxygen atoms in total. The van der Waals surface area contributed by atoms with E-state index in [1.807, 2.05) is 6.08 Å². The highest BCUT2D eigenvalue weighted by molar-refractivity contribution is 6.03. The van der Waals surface area contributed by atoms with Gasteiger partial charge in [-0.3, -0.25) is 9.69 Å². The van der Waals surface area contributed by atoms with Gasteiger partial charge in [0.1, 0.15) is 0 Å². The van der Waals surface area contributed by atoms with Crippen LogP contribution in [0, 0.1) is 24.2 Å². The van der Waals surface area contributed by atoms with Gasteiger partial charge in [0.2, 0.25) is 0 Å². The van der Waals surface area contributed by atoms with Crippen molar-refractivity contribution in [2.24, 2.45) is 11.8 Å². The van der Waals surface area contributed by atoms with Crippen LogP contribution >= 0.6 is 0 Å². The molecule has 6 heteroatoms. The molecule has 1 aromatic rings. The van der Waals surface area contributed by atoms with Crippen molar-refractivity contribution in [3.05, 3.63) is 52.6 Å². The Kier molecular flexibility index (Phi) is 6.31. The minimum atomic E-state index is -2.50. The summed E-state index contributed by atoms with van der Waals surface area (Å²) in [6.45, 7) is 9.52. The van der Waals surface area contributed by atoms with E-state index in [2.05, 4.69) is 66.1 Å². The molecule has 38 heavy (non-hydrogen) atoms. The minimum absolute atomic E-state index is 0.0192. The Balaban J connectivity index is 1.26. The van der Waals surface area contributed by atoms with Crippen molar-refractivity contribution in [3.63, 3.8) is 0 Å². The SMILES string of the molecule is C#CC1=CC2NC3C(C(=O)c4cc(CC)c(N5CCC(N6CCC(F)(F)CC6)CC5)cc4C3(C)C)C2C=C1. The van der Waals surface area contributed by atoms with E-state index in [0.717, 1.165) is 49.1 Å². The summed E-state index contributed by atoms with van der Waals surface area (Å²) >= 11 is 0. The number of benzene rings is 1. The van der Waals surface area contributed by atoms with E-state index in [0.29, 0.717) is 19.1 Å². The maximum absolute atomic E-state index is 14.0. The largest absolute Gasteiger partial charge is 0.371 e. The van der Waals surface area contributed by atoms with Crippen molar-refractivity contribution in [2.75, 3.05) is 31.1 Å². The van der Waals surface area contributed by atoms with E-state index < -0.39 is 5.92 Å². The third-order valence-electron chi connectivity index (χ3n) is 10.1. The zero-order valence-electron chi connectivity index (χ0n) is 22.8. The summed E-state index contributed by atoms with van der Waals surface area (Å²) in [4.78, 5) is 18.8. The standard InChI is InChI=1S/C32H39F2N3O/c1-5-20-7-8-23-26(17-20)35-30-28(23)29(38)24-18-21(6-2)27(19-25(24)31(30,3)4)37-13-9-22(10-14-37)36-15-11-32(33,34)12-16-36/h1,7-8,17-19,22-23,26,28,30,35H,6,9-16H2,2-4H3. The molecule has 6 rings (SSSR count). The second kappa shape index (κ2) is 9.31. The van der Waals surface area contributed by atoms with Crippen molar-refractivity contribution in [1.29, 1.82) is 0 Å². The maximum atomic E-state index is 14.0. The summed E-state index contributed by atoms with van der Waals surface area (Å²) in [6, 6.07) is 4.97. The molecule has 1 N–H and O–H groups in total. The van der Waals surface area contributed by atoms with Gasteiger partial charge >= 0.3 is 0 Å². The fourth-order valence-corrected chi connectivity index (χ4v) is 7.79. The summed E-state index contributed by atoms with van der Waals surface area (Å²) in [6.07, 6.45) is 14.7. The van der Waals surface area contributed by atoms with Gasteiger partial charge in [0.05, 0.1) is 0 Å². The number of carbonyl (C=O) groups excluding carboxylic acids is 1. The average Bonchev–Trinajstić information content (AvgIpc) is 3.31. The van der Waals surface area contributed by atoms with Crippen molar-refractivity contribution in [2.45, 2.75) is 82.3 Å². The van der Waals surface area contributed by atoms with Crippen LogP contribution in [-0.4, -0.2) is 60.9 Å². The lowest BCUT2D eigenvalue weighted by molar-refractivity contribution is -0.0646. The summed E-state index contributed by atoms with van der Waals surface area (Å²) in [5, 5.41) is 3.78. The Morgan fingerprint density at radius 2 is 1.84 bits per heavy atom. The molecule has 3 saturated heterocycles. The van der Waals surface area contributed by atoms with Crippen LogP contribution in [0.1, 0.15) is 67.9 Å². The zero-order valence-corrected chi connectivity index (χ0v) is 22.8. The maximum Gasteiger partial charge on any atom is 0.250 e. The number of carbonyl (C=O) groups is 1. The topological polar surface area (TPSA) is 35.6 Å². The Labute approximate surface area is 225 Å². The molecule has 3 aliphatic heterocycles. The van der Waals surface area contributed by atoms with E-state index >= 15 is 0 Å². The average molecular weight is 520 g/mol. The number of fused-ring (bicyclic) bond motifs is 4. The van der Waals surface area contributed by atoms with Gasteiger partial charge in [-0.05, 0) is 42.5 Å². The normalized spacial score (nSPS) is 32.3. The van der Waals surface area contributed by atoms with Gasteiger partial charge in [-0.25, -0.2) is 8.78 Å². The number of likely N-dealkylation sites (tertiary alicyclic amines) is 1.